The van der Waals surface area contributed by atoms with E-state index in [9.17, 15) is 39.9 Å². The molecule has 2 unspecified atom stereocenters. The zero-order valence-corrected chi connectivity index (χ0v) is 39.0. The van der Waals surface area contributed by atoms with Crippen LogP contribution < -0.4 is 10.1 Å². The Balaban J connectivity index is 0.00000771. The van der Waals surface area contributed by atoms with Gasteiger partial charge in [0.2, 0.25) is 0 Å². The number of anilines is 1. The Morgan fingerprint density at radius 1 is 0.922 bits per heavy atom. The van der Waals surface area contributed by atoms with Crippen LogP contribution in [0.25, 0.3) is 10.8 Å². The second kappa shape index (κ2) is 20.5. The van der Waals surface area contributed by atoms with Crippen molar-refractivity contribution in [2.24, 2.45) is 28.8 Å². The van der Waals surface area contributed by atoms with E-state index in [-0.39, 0.29) is 56.9 Å². The van der Waals surface area contributed by atoms with Gasteiger partial charge in [-0.2, -0.15) is 5.10 Å². The Morgan fingerprint density at radius 2 is 1.58 bits per heavy atom. The molecule has 5 bridgehead atoms. The lowest BCUT2D eigenvalue weighted by Crippen LogP contribution is -2.47. The van der Waals surface area contributed by atoms with E-state index >= 15 is 0 Å². The number of methoxy groups -OCH3 is 1. The fourth-order valence-corrected chi connectivity index (χ4v) is 9.47. The smallest absolute Gasteiger partial charge is 0.312 e. The minimum absolute atomic E-state index is 0. The Morgan fingerprint density at radius 3 is 2.20 bits per heavy atom. The number of hydrogen-bond acceptors (Lipinski definition) is 15. The molecule has 1 saturated heterocycles. The Bertz CT molecular complexity index is 2200. The molecule has 6 N–H and O–H groups in total. The highest BCUT2D eigenvalue weighted by Gasteiger charge is 2.50. The average molecular weight is 914 g/mol. The lowest BCUT2D eigenvalue weighted by atomic mass is 9.78. The zero-order chi connectivity index (χ0) is 46.1. The number of allylic oxidation sites excluding steroid dienone is 2. The number of phenolic OH excluding ortho intramolecular Hbond substituents is 3. The van der Waals surface area contributed by atoms with Crippen LogP contribution in [0, 0.1) is 30.6 Å². The third-order valence-electron chi connectivity index (χ3n) is 13.5. The molecule has 64 heavy (non-hydrogen) atoms. The largest absolute Gasteiger partial charge is 0.507 e. The predicted molar refractivity (Wildman–Crippen MR) is 244 cm³/mol. The first-order valence-corrected chi connectivity index (χ1v) is 21.9. The van der Waals surface area contributed by atoms with Crippen molar-refractivity contribution in [2.45, 2.75) is 117 Å². The molecule has 0 aromatic heterocycles. The number of aromatic hydroxyl groups is 3. The number of phenols is 3. The molecule has 7 rings (SSSR count). The fraction of sp³-hybridized carbons (Fsp3) is 0.574. The average Bonchev–Trinajstić information content (AvgIpc) is 3.89. The zero-order valence-electron chi connectivity index (χ0n) is 38.2. The van der Waals surface area contributed by atoms with Gasteiger partial charge in [0.05, 0.1) is 53.0 Å². The number of rotatable bonds is 5. The number of fused-ring (bicyclic) bond motifs is 14. The molecule has 352 valence electrons. The maximum Gasteiger partial charge on any atom is 0.312 e. The van der Waals surface area contributed by atoms with E-state index in [2.05, 4.69) is 15.3 Å². The van der Waals surface area contributed by atoms with E-state index in [0.717, 1.165) is 13.1 Å². The van der Waals surface area contributed by atoms with Crippen molar-refractivity contribution >= 4 is 52.7 Å². The number of nitrogens with zero attached hydrogens (tertiary/aromatic N) is 3. The number of piperazine rings is 1. The van der Waals surface area contributed by atoms with Crippen LogP contribution in [0.4, 0.5) is 5.69 Å². The molecule has 2 fully saturated rings. The summed E-state index contributed by atoms with van der Waals surface area (Å²) >= 11 is 0. The van der Waals surface area contributed by atoms with Gasteiger partial charge in [0, 0.05) is 93.4 Å². The van der Waals surface area contributed by atoms with Gasteiger partial charge in [0.15, 0.2) is 5.75 Å². The van der Waals surface area contributed by atoms with E-state index < -0.39 is 88.8 Å². The number of hydrazone groups is 1. The van der Waals surface area contributed by atoms with Gasteiger partial charge < -0.3 is 49.8 Å². The fourth-order valence-electron chi connectivity index (χ4n) is 9.47. The quantitative estimate of drug-likeness (QED) is 0.0869. The monoisotopic (exact) mass is 912 g/mol. The lowest BCUT2D eigenvalue weighted by Gasteiger charge is -2.38. The van der Waals surface area contributed by atoms with E-state index in [1.165, 1.54) is 85.1 Å². The second-order valence-corrected chi connectivity index (χ2v) is 17.8. The number of Topliss-reactive ketones (excluding diaryl/α,β-unsaturated/α-hetero) is 1. The summed E-state index contributed by atoms with van der Waals surface area (Å²) in [7, 11) is 1.44. The summed E-state index contributed by atoms with van der Waals surface area (Å²) in [6, 6.07) is 0.553. The first kappa shape index (κ1) is 50.1. The van der Waals surface area contributed by atoms with E-state index in [1.54, 1.807) is 39.8 Å². The number of carbonyl (C=O) groups is 3. The molecule has 4 heterocycles. The first-order chi connectivity index (χ1) is 29.8. The Hall–Kier alpha value is -4.87. The van der Waals surface area contributed by atoms with Crippen molar-refractivity contribution in [1.29, 1.82) is 0 Å². The minimum Gasteiger partial charge on any atom is -0.507 e. The number of esters is 1. The molecular weight excluding hydrogens is 848 g/mol. The Labute approximate surface area is 381 Å². The maximum atomic E-state index is 14.5. The van der Waals surface area contributed by atoms with Gasteiger partial charge in [0.25, 0.3) is 11.7 Å². The van der Waals surface area contributed by atoms with Crippen LogP contribution in [0.5, 0.6) is 23.0 Å². The third kappa shape index (κ3) is 9.86. The molecule has 1 saturated carbocycles. The molecule has 5 aliphatic rings. The highest BCUT2D eigenvalue weighted by atomic mass is 35.5. The van der Waals surface area contributed by atoms with Crippen LogP contribution in [-0.4, -0.2) is 129 Å². The number of amides is 1. The lowest BCUT2D eigenvalue weighted by molar-refractivity contribution is -0.160. The molecule has 1 aliphatic carbocycles. The van der Waals surface area contributed by atoms with Crippen LogP contribution in [0.3, 0.4) is 0 Å². The summed E-state index contributed by atoms with van der Waals surface area (Å²) in [5, 5.41) is 67.6. The second-order valence-electron chi connectivity index (χ2n) is 17.8. The molecule has 9 atom stereocenters. The number of ether oxygens (including phenoxy) is 4. The summed E-state index contributed by atoms with van der Waals surface area (Å²) in [5.41, 5.74) is -0.293. The standard InChI is InChI=1S/C47H64N4O12.ClH/c1-24-13-12-14-25(2)46(59)49-37-32(23-48-51-20-18-50(19-21-51)31-15-10-11-16-31)41(56)34-35(42(37)57)40(55)29(6)44-36(34)45(58)47(8,63-44)61-22-17-33(60-9)26(3)43(62-30(7)52)28(5)39(54)27(4)38(24)53;/h12-14,17,22-24,26-28,31,33,38-39,43,53-57H,10-11,15-16,18-21H2,1-9H3,(H,49,59);1H/b13-12+,22-17+,25-14-,48-23?;/t24-,26+,27+,28+,33?,38-,39+,43+,47?;/m0./s1. The van der Waals surface area contributed by atoms with Gasteiger partial charge in [-0.3, -0.25) is 24.3 Å². The van der Waals surface area contributed by atoms with Gasteiger partial charge >= 0.3 is 11.8 Å². The molecule has 1 amide bonds. The topological polar surface area (TPSA) is 220 Å². The van der Waals surface area contributed by atoms with Crippen LogP contribution in [0.1, 0.15) is 95.6 Å². The molecule has 4 aliphatic heterocycles. The summed E-state index contributed by atoms with van der Waals surface area (Å²) in [6.45, 7) is 15.4. The van der Waals surface area contributed by atoms with Gasteiger partial charge in [-0.05, 0) is 32.8 Å². The highest BCUT2D eigenvalue weighted by molar-refractivity contribution is 6.23. The summed E-state index contributed by atoms with van der Waals surface area (Å²) in [5.74, 6) is -8.28. The predicted octanol–water partition coefficient (Wildman–Crippen LogP) is 6.07. The van der Waals surface area contributed by atoms with Crippen molar-refractivity contribution in [3.05, 3.63) is 52.8 Å². The summed E-state index contributed by atoms with van der Waals surface area (Å²) < 4.78 is 23.7. The van der Waals surface area contributed by atoms with E-state index in [1.807, 2.05) is 5.01 Å². The number of aliphatic hydroxyl groups is 2. The number of nitrogens with one attached hydrogen (secondary N) is 1. The number of ketones is 1. The normalized spacial score (nSPS) is 31.9. The summed E-state index contributed by atoms with van der Waals surface area (Å²) in [4.78, 5) is 43.2. The minimum atomic E-state index is -2.04. The van der Waals surface area contributed by atoms with E-state index in [4.69, 9.17) is 18.9 Å². The third-order valence-corrected chi connectivity index (χ3v) is 13.5. The molecule has 0 radical (unpaired) electrons. The maximum absolute atomic E-state index is 14.5. The van der Waals surface area contributed by atoms with Gasteiger partial charge in [-0.15, -0.1) is 12.4 Å². The molecule has 0 spiro atoms. The van der Waals surface area contributed by atoms with Crippen molar-refractivity contribution in [2.75, 3.05) is 38.6 Å². The van der Waals surface area contributed by atoms with Gasteiger partial charge in [-0.1, -0.05) is 58.8 Å². The number of hydrogen-bond donors (Lipinski definition) is 6. The highest BCUT2D eigenvalue weighted by Crippen LogP contribution is 2.55. The Kier molecular flexibility index (Phi) is 16.1. The molecule has 17 heteroatoms. The first-order valence-electron chi connectivity index (χ1n) is 21.9. The van der Waals surface area contributed by atoms with Crippen LogP contribution >= 0.6 is 12.4 Å². The number of halogens is 1. The molecule has 16 nitrogen and oxygen atoms in total. The van der Waals surface area contributed by atoms with Crippen molar-refractivity contribution in [1.82, 2.24) is 9.91 Å². The van der Waals surface area contributed by atoms with Crippen molar-refractivity contribution in [3.8, 4) is 23.0 Å². The van der Waals surface area contributed by atoms with E-state index in [0.29, 0.717) is 19.1 Å². The molecular formula is C47H65ClN4O12. The molecule has 2 aromatic rings. The van der Waals surface area contributed by atoms with Gasteiger partial charge in [0.1, 0.15) is 23.4 Å². The van der Waals surface area contributed by atoms with Crippen LogP contribution in [0.2, 0.25) is 0 Å². The van der Waals surface area contributed by atoms with Crippen molar-refractivity contribution < 1.29 is 58.9 Å². The van der Waals surface area contributed by atoms with Gasteiger partial charge in [-0.25, -0.2) is 0 Å². The number of aliphatic hydroxyl groups excluding tert-OH is 2. The molecule has 2 aromatic carbocycles. The SMILES string of the molecule is COC1/C=C/OC2(C)Oc3c(C)c(O)c4c(O)c(c(C=NN5CCN(C6CCCC6)CC5)c(O)c4c3C2=O)NC(=O)/C(C)=C\C=C\[C@H](C)[C@H](O)[C@@H](C)[C@@H](O)[C@@H](C)[C@H](OC(C)=O)[C@@H]1C.Cl. The number of benzene rings is 2. The number of carbonyl (C=O) groups excluding carboxylic acids is 3. The van der Waals surface area contributed by atoms with Crippen molar-refractivity contribution in [3.63, 3.8) is 0 Å². The summed E-state index contributed by atoms with van der Waals surface area (Å²) in [6.07, 6.45) is 9.75. The van der Waals surface area contributed by atoms with Crippen LogP contribution in [-0.2, 0) is 23.8 Å². The van der Waals surface area contributed by atoms with Crippen LogP contribution in [0.15, 0.2) is 41.2 Å².